The minimum absolute atomic E-state index is 0.381. The Kier molecular flexibility index (Phi) is 3.13. The number of nitrogens with one attached hydrogen (secondary N) is 1. The molecule has 1 aliphatic heterocycles. The van der Waals surface area contributed by atoms with E-state index < -0.39 is 10.2 Å². The topological polar surface area (TPSA) is 58.6 Å². The average Bonchev–Trinajstić information content (AvgIpc) is 2.59. The average molecular weight is 242 g/mol. The molecule has 16 heavy (non-hydrogen) atoms. The number of nitrogens with zero attached hydrogens (tertiary/aromatic N) is 1. The fraction of sp³-hybridized carbons (Fsp3) is 0.400. The number of methoxy groups -OCH3 is 1. The van der Waals surface area contributed by atoms with Gasteiger partial charge in [-0.25, -0.2) is 4.72 Å². The van der Waals surface area contributed by atoms with Gasteiger partial charge in [0.25, 0.3) is 10.2 Å². The van der Waals surface area contributed by atoms with Crippen molar-refractivity contribution in [3.05, 3.63) is 29.8 Å². The van der Waals surface area contributed by atoms with Crippen LogP contribution in [0.2, 0.25) is 0 Å². The van der Waals surface area contributed by atoms with Gasteiger partial charge in [0.15, 0.2) is 0 Å². The Morgan fingerprint density at radius 2 is 2.31 bits per heavy atom. The molecule has 0 bridgehead atoms. The molecule has 5 nitrogen and oxygen atoms in total. The van der Waals surface area contributed by atoms with E-state index in [1.54, 1.807) is 7.11 Å². The van der Waals surface area contributed by atoms with Gasteiger partial charge >= 0.3 is 0 Å². The molecule has 0 spiro atoms. The van der Waals surface area contributed by atoms with Crippen molar-refractivity contribution in [2.45, 2.75) is 6.54 Å². The van der Waals surface area contributed by atoms with Crippen LogP contribution in [-0.4, -0.2) is 32.9 Å². The van der Waals surface area contributed by atoms with Crippen LogP contribution in [0.15, 0.2) is 24.3 Å². The van der Waals surface area contributed by atoms with Crippen LogP contribution in [0.3, 0.4) is 0 Å². The molecule has 1 saturated heterocycles. The normalized spacial score (nSPS) is 19.8. The van der Waals surface area contributed by atoms with Gasteiger partial charge in [0, 0.05) is 19.6 Å². The number of hydrogen-bond donors (Lipinski definition) is 1. The highest BCUT2D eigenvalue weighted by molar-refractivity contribution is 7.87. The smallest absolute Gasteiger partial charge is 0.279 e. The van der Waals surface area contributed by atoms with Gasteiger partial charge in [-0.15, -0.1) is 0 Å². The van der Waals surface area contributed by atoms with Crippen LogP contribution in [-0.2, 0) is 16.8 Å². The predicted octanol–water partition coefficient (Wildman–Crippen LogP) is 0.345. The van der Waals surface area contributed by atoms with Gasteiger partial charge in [-0.1, -0.05) is 12.1 Å². The third-order valence-electron chi connectivity index (χ3n) is 2.48. The van der Waals surface area contributed by atoms with Crippen molar-refractivity contribution in [2.24, 2.45) is 0 Å². The van der Waals surface area contributed by atoms with E-state index in [4.69, 9.17) is 4.74 Å². The third kappa shape index (κ3) is 2.34. The van der Waals surface area contributed by atoms with Crippen LogP contribution >= 0.6 is 0 Å². The molecular formula is C10H14N2O3S. The quantitative estimate of drug-likeness (QED) is 0.831. The Bertz CT molecular complexity index is 473. The summed E-state index contributed by atoms with van der Waals surface area (Å²) in [6.07, 6.45) is 0. The first kappa shape index (κ1) is 11.4. The summed E-state index contributed by atoms with van der Waals surface area (Å²) in [4.78, 5) is 0. The zero-order valence-electron chi connectivity index (χ0n) is 9.01. The van der Waals surface area contributed by atoms with Crippen LogP contribution in [0, 0.1) is 0 Å². The summed E-state index contributed by atoms with van der Waals surface area (Å²) in [5, 5.41) is 0. The van der Waals surface area contributed by atoms with E-state index in [0.717, 1.165) is 11.3 Å². The molecule has 0 saturated carbocycles. The van der Waals surface area contributed by atoms with Crippen LogP contribution in [0.1, 0.15) is 5.56 Å². The Morgan fingerprint density at radius 3 is 2.94 bits per heavy atom. The molecule has 0 atom stereocenters. The van der Waals surface area contributed by atoms with Crippen LogP contribution in [0.5, 0.6) is 5.75 Å². The van der Waals surface area contributed by atoms with Crippen molar-refractivity contribution in [2.75, 3.05) is 20.2 Å². The number of ether oxygens (including phenoxy) is 1. The Morgan fingerprint density at radius 1 is 1.50 bits per heavy atom. The van der Waals surface area contributed by atoms with Crippen molar-refractivity contribution in [3.63, 3.8) is 0 Å². The summed E-state index contributed by atoms with van der Waals surface area (Å²) in [5.41, 5.74) is 0.923. The predicted molar refractivity (Wildman–Crippen MR) is 60.3 cm³/mol. The maximum Gasteiger partial charge on any atom is 0.279 e. The SMILES string of the molecule is COc1cccc(CN2CCNS2(=O)=O)c1. The first-order valence-corrected chi connectivity index (χ1v) is 6.43. The highest BCUT2D eigenvalue weighted by Gasteiger charge is 2.27. The molecule has 0 amide bonds. The number of hydrogen-bond acceptors (Lipinski definition) is 3. The van der Waals surface area contributed by atoms with E-state index in [1.165, 1.54) is 4.31 Å². The van der Waals surface area contributed by atoms with Gasteiger partial charge in [-0.3, -0.25) is 0 Å². The van der Waals surface area contributed by atoms with Crippen molar-refractivity contribution in [3.8, 4) is 5.75 Å². The van der Waals surface area contributed by atoms with Gasteiger partial charge in [-0.2, -0.15) is 12.7 Å². The Labute approximate surface area is 95.2 Å². The largest absolute Gasteiger partial charge is 0.497 e. The van der Waals surface area contributed by atoms with E-state index in [2.05, 4.69) is 4.72 Å². The molecule has 0 unspecified atom stereocenters. The molecular weight excluding hydrogens is 228 g/mol. The van der Waals surface area contributed by atoms with Gasteiger partial charge in [0.2, 0.25) is 0 Å². The molecule has 2 rings (SSSR count). The summed E-state index contributed by atoms with van der Waals surface area (Å²) < 4.78 is 32.0. The first-order valence-electron chi connectivity index (χ1n) is 4.99. The summed E-state index contributed by atoms with van der Waals surface area (Å²) in [6, 6.07) is 7.41. The van der Waals surface area contributed by atoms with E-state index in [-0.39, 0.29) is 0 Å². The highest BCUT2D eigenvalue weighted by Crippen LogP contribution is 2.16. The fourth-order valence-electron chi connectivity index (χ4n) is 1.65. The maximum atomic E-state index is 11.5. The van der Waals surface area contributed by atoms with Crippen LogP contribution in [0.25, 0.3) is 0 Å². The molecule has 1 aliphatic rings. The second-order valence-electron chi connectivity index (χ2n) is 3.58. The molecule has 0 aromatic heterocycles. The molecule has 88 valence electrons. The molecule has 0 radical (unpaired) electrons. The molecule has 1 N–H and O–H groups in total. The van der Waals surface area contributed by atoms with E-state index >= 15 is 0 Å². The second kappa shape index (κ2) is 4.40. The van der Waals surface area contributed by atoms with Crippen LogP contribution < -0.4 is 9.46 Å². The Balaban J connectivity index is 2.15. The standard InChI is InChI=1S/C10H14N2O3S/c1-15-10-4-2-3-9(7-10)8-12-6-5-11-16(12,13)14/h2-4,7,11H,5-6,8H2,1H3. The minimum atomic E-state index is -3.26. The van der Waals surface area contributed by atoms with Crippen molar-refractivity contribution in [1.29, 1.82) is 0 Å². The summed E-state index contributed by atoms with van der Waals surface area (Å²) in [7, 11) is -1.67. The minimum Gasteiger partial charge on any atom is -0.497 e. The summed E-state index contributed by atoms with van der Waals surface area (Å²) in [6.45, 7) is 1.37. The lowest BCUT2D eigenvalue weighted by atomic mass is 10.2. The van der Waals surface area contributed by atoms with E-state index in [9.17, 15) is 8.42 Å². The van der Waals surface area contributed by atoms with E-state index in [0.29, 0.717) is 19.6 Å². The zero-order valence-corrected chi connectivity index (χ0v) is 9.83. The number of rotatable bonds is 3. The lowest BCUT2D eigenvalue weighted by Crippen LogP contribution is -2.29. The van der Waals surface area contributed by atoms with Gasteiger partial charge in [0.1, 0.15) is 5.75 Å². The summed E-state index contributed by atoms with van der Waals surface area (Å²) >= 11 is 0. The van der Waals surface area contributed by atoms with Gasteiger partial charge < -0.3 is 4.74 Å². The second-order valence-corrected chi connectivity index (χ2v) is 5.34. The van der Waals surface area contributed by atoms with Crippen molar-refractivity contribution < 1.29 is 13.2 Å². The lowest BCUT2D eigenvalue weighted by Gasteiger charge is -2.13. The molecule has 1 aromatic rings. The monoisotopic (exact) mass is 242 g/mol. The van der Waals surface area contributed by atoms with Crippen molar-refractivity contribution >= 4 is 10.2 Å². The molecule has 1 fully saturated rings. The first-order chi connectivity index (χ1) is 7.62. The van der Waals surface area contributed by atoms with Crippen molar-refractivity contribution in [1.82, 2.24) is 9.03 Å². The maximum absolute atomic E-state index is 11.5. The van der Waals surface area contributed by atoms with Gasteiger partial charge in [0.05, 0.1) is 7.11 Å². The number of benzene rings is 1. The van der Waals surface area contributed by atoms with Gasteiger partial charge in [-0.05, 0) is 17.7 Å². The highest BCUT2D eigenvalue weighted by atomic mass is 32.2. The van der Waals surface area contributed by atoms with Crippen LogP contribution in [0.4, 0.5) is 0 Å². The zero-order chi connectivity index (χ0) is 11.6. The third-order valence-corrected chi connectivity index (χ3v) is 4.04. The van der Waals surface area contributed by atoms with E-state index in [1.807, 2.05) is 24.3 Å². The fourth-order valence-corrected chi connectivity index (χ4v) is 2.83. The Hall–Kier alpha value is -1.11. The molecule has 1 aromatic carbocycles. The molecule has 6 heteroatoms. The lowest BCUT2D eigenvalue weighted by molar-refractivity contribution is 0.411. The molecule has 0 aliphatic carbocycles. The summed E-state index contributed by atoms with van der Waals surface area (Å²) in [5.74, 6) is 0.738. The molecule has 1 heterocycles.